The Hall–Kier alpha value is -2.09. The monoisotopic (exact) mass is 277 g/mol. The molecule has 5 atom stereocenters. The van der Waals surface area contributed by atoms with E-state index in [-0.39, 0.29) is 11.9 Å². The van der Waals surface area contributed by atoms with Crippen LogP contribution in [-0.4, -0.2) is 5.91 Å². The second kappa shape index (κ2) is 4.73. The van der Waals surface area contributed by atoms with Crippen LogP contribution in [0.2, 0.25) is 0 Å². The summed E-state index contributed by atoms with van der Waals surface area (Å²) in [4.78, 5) is 12.6. The third-order valence-corrected chi connectivity index (χ3v) is 5.04. The number of nitrogens with one attached hydrogen (secondary N) is 1. The van der Waals surface area contributed by atoms with Crippen LogP contribution in [0.1, 0.15) is 18.5 Å². The van der Waals surface area contributed by atoms with E-state index in [1.54, 1.807) is 0 Å². The quantitative estimate of drug-likeness (QED) is 0.843. The molecule has 0 radical (unpaired) electrons. The summed E-state index contributed by atoms with van der Waals surface area (Å²) < 4.78 is 0. The van der Waals surface area contributed by atoms with Gasteiger partial charge >= 0.3 is 0 Å². The van der Waals surface area contributed by atoms with Crippen molar-refractivity contribution in [2.24, 2.45) is 23.7 Å². The van der Waals surface area contributed by atoms with Gasteiger partial charge in [-0.1, -0.05) is 60.7 Å². The van der Waals surface area contributed by atoms with Gasteiger partial charge in [0.2, 0.25) is 5.91 Å². The molecule has 1 aromatic carbocycles. The molecule has 21 heavy (non-hydrogen) atoms. The average Bonchev–Trinajstić information content (AvgIpc) is 3.17. The third kappa shape index (κ3) is 1.98. The molecule has 0 fully saturated rings. The van der Waals surface area contributed by atoms with Crippen molar-refractivity contribution in [2.45, 2.75) is 13.0 Å². The average molecular weight is 277 g/mol. The van der Waals surface area contributed by atoms with Crippen molar-refractivity contribution in [3.05, 3.63) is 71.8 Å². The summed E-state index contributed by atoms with van der Waals surface area (Å²) in [6.07, 6.45) is 11.2. The van der Waals surface area contributed by atoms with Crippen LogP contribution >= 0.6 is 0 Å². The lowest BCUT2D eigenvalue weighted by Crippen LogP contribution is -2.30. The Bertz CT molecular complexity index is 655. The summed E-state index contributed by atoms with van der Waals surface area (Å²) in [6.45, 7) is 2.04. The molecule has 0 aliphatic heterocycles. The van der Waals surface area contributed by atoms with E-state index in [0.29, 0.717) is 23.7 Å². The van der Waals surface area contributed by atoms with Crippen molar-refractivity contribution in [2.75, 3.05) is 0 Å². The summed E-state index contributed by atoms with van der Waals surface area (Å²) in [7, 11) is 0. The number of allylic oxidation sites excluding steroid dienone is 5. The van der Waals surface area contributed by atoms with Gasteiger partial charge in [-0.15, -0.1) is 0 Å². The molecule has 1 N–H and O–H groups in total. The molecule has 0 saturated carbocycles. The Morgan fingerprint density at radius 2 is 1.76 bits per heavy atom. The molecule has 0 spiro atoms. The Kier molecular flexibility index (Phi) is 2.85. The number of hydrogen-bond donors (Lipinski definition) is 1. The molecular formula is C19H19NO. The van der Waals surface area contributed by atoms with Gasteiger partial charge in [-0.25, -0.2) is 0 Å². The Labute approximate surface area is 125 Å². The minimum atomic E-state index is 0.0387. The fourth-order valence-corrected chi connectivity index (χ4v) is 3.95. The van der Waals surface area contributed by atoms with Crippen molar-refractivity contribution in [1.29, 1.82) is 0 Å². The zero-order valence-electron chi connectivity index (χ0n) is 12.1. The minimum Gasteiger partial charge on any atom is -0.346 e. The van der Waals surface area contributed by atoms with E-state index in [0.717, 1.165) is 11.1 Å². The SMILES string of the molecule is C[C@H](NC(=O)C1=C[C@@H]2C=C[C@@H]3C=C[C@@H]1[C@@H]32)c1ccccc1. The fraction of sp³-hybridized carbons (Fsp3) is 0.316. The first kappa shape index (κ1) is 12.6. The van der Waals surface area contributed by atoms with Gasteiger partial charge in [-0.3, -0.25) is 4.79 Å². The van der Waals surface area contributed by atoms with Gasteiger partial charge in [0.05, 0.1) is 6.04 Å². The van der Waals surface area contributed by atoms with Gasteiger partial charge in [0.25, 0.3) is 0 Å². The van der Waals surface area contributed by atoms with Crippen LogP contribution in [0.4, 0.5) is 0 Å². The van der Waals surface area contributed by atoms with Crippen molar-refractivity contribution >= 4 is 5.91 Å². The topological polar surface area (TPSA) is 29.1 Å². The largest absolute Gasteiger partial charge is 0.346 e. The Morgan fingerprint density at radius 3 is 2.57 bits per heavy atom. The van der Waals surface area contributed by atoms with Gasteiger partial charge in [0.1, 0.15) is 0 Å². The van der Waals surface area contributed by atoms with Crippen LogP contribution in [-0.2, 0) is 4.79 Å². The highest BCUT2D eigenvalue weighted by Crippen LogP contribution is 2.51. The summed E-state index contributed by atoms with van der Waals surface area (Å²) in [5.41, 5.74) is 2.10. The number of carbonyl (C=O) groups excluding carboxylic acids is 1. The smallest absolute Gasteiger partial charge is 0.247 e. The zero-order chi connectivity index (χ0) is 14.4. The van der Waals surface area contributed by atoms with E-state index in [1.165, 1.54) is 0 Å². The van der Waals surface area contributed by atoms with Gasteiger partial charge < -0.3 is 5.32 Å². The molecule has 4 rings (SSSR count). The van der Waals surface area contributed by atoms with Crippen molar-refractivity contribution in [3.63, 3.8) is 0 Å². The van der Waals surface area contributed by atoms with Gasteiger partial charge in [-0.05, 0) is 24.3 Å². The molecule has 106 valence electrons. The maximum absolute atomic E-state index is 12.6. The summed E-state index contributed by atoms with van der Waals surface area (Å²) in [5, 5.41) is 3.15. The maximum atomic E-state index is 12.6. The number of rotatable bonds is 3. The molecule has 0 aromatic heterocycles. The fourth-order valence-electron chi connectivity index (χ4n) is 3.95. The highest BCUT2D eigenvalue weighted by atomic mass is 16.1. The third-order valence-electron chi connectivity index (χ3n) is 5.04. The maximum Gasteiger partial charge on any atom is 0.247 e. The lowest BCUT2D eigenvalue weighted by molar-refractivity contribution is -0.118. The highest BCUT2D eigenvalue weighted by Gasteiger charge is 2.45. The molecule has 0 heterocycles. The van der Waals surface area contributed by atoms with E-state index in [9.17, 15) is 4.79 Å². The molecule has 3 aliphatic carbocycles. The van der Waals surface area contributed by atoms with E-state index in [2.05, 4.69) is 47.8 Å². The molecule has 2 heteroatoms. The highest BCUT2D eigenvalue weighted by molar-refractivity contribution is 5.95. The van der Waals surface area contributed by atoms with Crippen LogP contribution in [0.15, 0.2) is 66.3 Å². The number of carbonyl (C=O) groups is 1. The van der Waals surface area contributed by atoms with Crippen molar-refractivity contribution < 1.29 is 4.79 Å². The predicted octanol–water partition coefficient (Wildman–Crippen LogP) is 3.41. The Morgan fingerprint density at radius 1 is 1.05 bits per heavy atom. The molecule has 2 nitrogen and oxygen atoms in total. The summed E-state index contributed by atoms with van der Waals surface area (Å²) in [6, 6.07) is 10.2. The molecule has 3 aliphatic rings. The molecule has 1 aromatic rings. The Balaban J connectivity index is 1.51. The lowest BCUT2D eigenvalue weighted by Gasteiger charge is -2.19. The van der Waals surface area contributed by atoms with Crippen LogP contribution in [0.3, 0.4) is 0 Å². The standard InChI is InChI=1S/C19H19NO/c1-12(13-5-3-2-4-6-13)20-19(21)17-11-15-8-7-14-9-10-16(17)18(14)15/h2-12,14-16,18H,1H3,(H,20,21)/t12-,14+,15-,16-,18-/m0/s1. The number of amides is 1. The van der Waals surface area contributed by atoms with Gasteiger partial charge in [-0.2, -0.15) is 0 Å². The van der Waals surface area contributed by atoms with Crippen LogP contribution in [0, 0.1) is 23.7 Å². The summed E-state index contributed by atoms with van der Waals surface area (Å²) >= 11 is 0. The predicted molar refractivity (Wildman–Crippen MR) is 83.3 cm³/mol. The van der Waals surface area contributed by atoms with E-state index >= 15 is 0 Å². The molecule has 1 amide bonds. The lowest BCUT2D eigenvalue weighted by atomic mass is 9.87. The van der Waals surface area contributed by atoms with Crippen molar-refractivity contribution in [3.8, 4) is 0 Å². The van der Waals surface area contributed by atoms with Crippen molar-refractivity contribution in [1.82, 2.24) is 5.32 Å². The van der Waals surface area contributed by atoms with Gasteiger partial charge in [0, 0.05) is 17.4 Å². The number of benzene rings is 1. The van der Waals surface area contributed by atoms with Crippen LogP contribution in [0.5, 0.6) is 0 Å². The van der Waals surface area contributed by atoms with E-state index in [1.807, 2.05) is 25.1 Å². The first-order valence-electron chi connectivity index (χ1n) is 7.68. The first-order chi connectivity index (χ1) is 10.2. The number of hydrogen-bond acceptors (Lipinski definition) is 1. The second-order valence-corrected chi connectivity index (χ2v) is 6.26. The normalized spacial score (nSPS) is 32.9. The zero-order valence-corrected chi connectivity index (χ0v) is 12.1. The minimum absolute atomic E-state index is 0.0387. The molecule has 0 saturated heterocycles. The molecular weight excluding hydrogens is 258 g/mol. The van der Waals surface area contributed by atoms with Gasteiger partial charge in [0.15, 0.2) is 0 Å². The second-order valence-electron chi connectivity index (χ2n) is 6.26. The summed E-state index contributed by atoms with van der Waals surface area (Å²) in [5.74, 6) is 1.94. The van der Waals surface area contributed by atoms with Crippen LogP contribution < -0.4 is 5.32 Å². The van der Waals surface area contributed by atoms with Crippen LogP contribution in [0.25, 0.3) is 0 Å². The first-order valence-corrected chi connectivity index (χ1v) is 7.68. The van der Waals surface area contributed by atoms with E-state index < -0.39 is 0 Å². The van der Waals surface area contributed by atoms with E-state index in [4.69, 9.17) is 0 Å². The molecule has 0 unspecified atom stereocenters. The molecule has 0 bridgehead atoms.